The quantitative estimate of drug-likeness (QED) is 0.464. The van der Waals surface area contributed by atoms with Crippen LogP contribution in [0.1, 0.15) is 25.8 Å². The summed E-state index contributed by atoms with van der Waals surface area (Å²) in [4.78, 5) is 11.1. The maximum Gasteiger partial charge on any atom is 0.191 e. The van der Waals surface area contributed by atoms with Crippen LogP contribution in [0.3, 0.4) is 0 Å². The number of H-pyrrole nitrogens is 1. The van der Waals surface area contributed by atoms with Gasteiger partial charge in [-0.3, -0.25) is 15.0 Å². The first-order valence-electron chi connectivity index (χ1n) is 10.4. The van der Waals surface area contributed by atoms with Crippen LogP contribution in [0.25, 0.3) is 11.4 Å². The molecule has 1 aliphatic rings. The van der Waals surface area contributed by atoms with Gasteiger partial charge in [0, 0.05) is 44.8 Å². The van der Waals surface area contributed by atoms with Gasteiger partial charge >= 0.3 is 0 Å². The van der Waals surface area contributed by atoms with E-state index in [4.69, 9.17) is 4.74 Å². The van der Waals surface area contributed by atoms with E-state index in [1.54, 1.807) is 0 Å². The summed E-state index contributed by atoms with van der Waals surface area (Å²) in [6, 6.07) is 8.73. The minimum absolute atomic E-state index is 0.479. The van der Waals surface area contributed by atoms with Crippen molar-refractivity contribution in [2.45, 2.75) is 32.9 Å². The molecule has 1 unspecified atom stereocenters. The van der Waals surface area contributed by atoms with Gasteiger partial charge in [-0.25, -0.2) is 4.98 Å². The first-order valence-corrected chi connectivity index (χ1v) is 10.4. The maximum absolute atomic E-state index is 5.52. The fourth-order valence-electron chi connectivity index (χ4n) is 3.64. The minimum Gasteiger partial charge on any atom is -0.379 e. The van der Waals surface area contributed by atoms with Crippen LogP contribution < -0.4 is 10.6 Å². The molecule has 3 rings (SSSR count). The number of aliphatic imine (C=N–C) groups is 1. The zero-order chi connectivity index (χ0) is 20.5. The lowest BCUT2D eigenvalue weighted by molar-refractivity contribution is 0.0132. The summed E-state index contributed by atoms with van der Waals surface area (Å²) in [6.07, 6.45) is 2.68. The van der Waals surface area contributed by atoms with Crippen molar-refractivity contribution in [3.05, 3.63) is 36.2 Å². The highest BCUT2D eigenvalue weighted by Crippen LogP contribution is 2.15. The molecule has 3 N–H and O–H groups in total. The molecule has 1 atom stereocenters. The van der Waals surface area contributed by atoms with Crippen molar-refractivity contribution in [1.29, 1.82) is 0 Å². The number of hydrogen-bond acceptors (Lipinski definition) is 5. The van der Waals surface area contributed by atoms with E-state index in [9.17, 15) is 0 Å². The van der Waals surface area contributed by atoms with Crippen molar-refractivity contribution in [3.8, 4) is 11.4 Å². The van der Waals surface area contributed by atoms with Gasteiger partial charge in [0.05, 0.1) is 13.2 Å². The van der Waals surface area contributed by atoms with Crippen LogP contribution in [0.5, 0.6) is 0 Å². The Morgan fingerprint density at radius 1 is 1.28 bits per heavy atom. The third-order valence-electron chi connectivity index (χ3n) is 5.11. The van der Waals surface area contributed by atoms with Gasteiger partial charge in [0.25, 0.3) is 0 Å². The molecule has 0 radical (unpaired) electrons. The lowest BCUT2D eigenvalue weighted by Gasteiger charge is -2.35. The lowest BCUT2D eigenvalue weighted by Crippen LogP contribution is -2.50. The van der Waals surface area contributed by atoms with E-state index >= 15 is 0 Å². The second-order valence-corrected chi connectivity index (χ2v) is 7.77. The molecule has 158 valence electrons. The van der Waals surface area contributed by atoms with Gasteiger partial charge in [0.1, 0.15) is 6.33 Å². The molecule has 1 aromatic heterocycles. The smallest absolute Gasteiger partial charge is 0.191 e. The molecule has 8 nitrogen and oxygen atoms in total. The Balaban J connectivity index is 1.53. The summed E-state index contributed by atoms with van der Waals surface area (Å²) in [6.45, 7) is 9.76. The molecule has 0 amide bonds. The zero-order valence-corrected chi connectivity index (χ0v) is 17.7. The van der Waals surface area contributed by atoms with Gasteiger partial charge in [0.2, 0.25) is 0 Å². The molecular weight excluding hydrogens is 366 g/mol. The Morgan fingerprint density at radius 2 is 2.10 bits per heavy atom. The highest BCUT2D eigenvalue weighted by Gasteiger charge is 2.22. The third-order valence-corrected chi connectivity index (χ3v) is 5.11. The molecule has 1 aromatic carbocycles. The first-order chi connectivity index (χ1) is 14.2. The molecule has 1 saturated heterocycles. The summed E-state index contributed by atoms with van der Waals surface area (Å²) >= 11 is 0. The van der Waals surface area contributed by atoms with Gasteiger partial charge < -0.3 is 15.4 Å². The van der Waals surface area contributed by atoms with E-state index in [0.717, 1.165) is 62.2 Å². The highest BCUT2D eigenvalue weighted by atomic mass is 16.5. The fourth-order valence-corrected chi connectivity index (χ4v) is 3.64. The number of hydrogen-bond donors (Lipinski definition) is 3. The molecule has 29 heavy (non-hydrogen) atoms. The normalized spacial score (nSPS) is 16.8. The molecule has 1 aliphatic heterocycles. The molecule has 0 bridgehead atoms. The standard InChI is InChI=1S/C21H33N7O/c1-16(2)11-19(28-7-9-29-10-8-28)14-24-21(22-3)23-13-17-5-4-6-18(12-17)20-25-15-26-27-20/h4-6,12,15-16,19H,7-11,13-14H2,1-3H3,(H2,22,23,24)(H,25,26,27). The molecule has 2 aromatic rings. The number of nitrogens with one attached hydrogen (secondary N) is 3. The molecule has 2 heterocycles. The number of aromatic nitrogens is 3. The Hall–Kier alpha value is -2.45. The molecule has 1 fully saturated rings. The predicted molar refractivity (Wildman–Crippen MR) is 116 cm³/mol. The highest BCUT2D eigenvalue weighted by molar-refractivity contribution is 5.79. The number of guanidine groups is 1. The van der Waals surface area contributed by atoms with Gasteiger partial charge in [-0.15, -0.1) is 0 Å². The van der Waals surface area contributed by atoms with E-state index in [0.29, 0.717) is 18.5 Å². The second-order valence-electron chi connectivity index (χ2n) is 7.77. The number of nitrogens with zero attached hydrogens (tertiary/aromatic N) is 4. The topological polar surface area (TPSA) is 90.5 Å². The van der Waals surface area contributed by atoms with Crippen LogP contribution in [0.2, 0.25) is 0 Å². The van der Waals surface area contributed by atoms with Crippen LogP contribution in [0, 0.1) is 5.92 Å². The molecule has 8 heteroatoms. The van der Waals surface area contributed by atoms with E-state index < -0.39 is 0 Å². The molecule has 0 spiro atoms. The van der Waals surface area contributed by atoms with Gasteiger partial charge in [-0.2, -0.15) is 5.10 Å². The fraction of sp³-hybridized carbons (Fsp3) is 0.571. The van der Waals surface area contributed by atoms with Crippen molar-refractivity contribution in [1.82, 2.24) is 30.7 Å². The monoisotopic (exact) mass is 399 g/mol. The summed E-state index contributed by atoms with van der Waals surface area (Å²) < 4.78 is 5.52. The van der Waals surface area contributed by atoms with Crippen molar-refractivity contribution < 1.29 is 4.74 Å². The van der Waals surface area contributed by atoms with Crippen LogP contribution in [-0.2, 0) is 11.3 Å². The maximum atomic E-state index is 5.52. The van der Waals surface area contributed by atoms with Crippen LogP contribution in [0.15, 0.2) is 35.6 Å². The average molecular weight is 400 g/mol. The summed E-state index contributed by atoms with van der Waals surface area (Å²) in [5.74, 6) is 2.24. The van der Waals surface area contributed by atoms with E-state index in [1.807, 2.05) is 19.2 Å². The number of ether oxygens (including phenoxy) is 1. The van der Waals surface area contributed by atoms with Gasteiger partial charge in [-0.1, -0.05) is 32.0 Å². The number of rotatable bonds is 8. The summed E-state index contributed by atoms with van der Waals surface area (Å²) in [7, 11) is 1.81. The van der Waals surface area contributed by atoms with E-state index in [1.165, 1.54) is 6.33 Å². The van der Waals surface area contributed by atoms with Gasteiger partial charge in [-0.05, 0) is 24.0 Å². The van der Waals surface area contributed by atoms with E-state index in [-0.39, 0.29) is 0 Å². The first kappa shape index (κ1) is 21.3. The van der Waals surface area contributed by atoms with Crippen LogP contribution in [-0.4, -0.2) is 72.0 Å². The second kappa shape index (κ2) is 10.9. The number of aromatic amines is 1. The number of benzene rings is 1. The van der Waals surface area contributed by atoms with Crippen molar-refractivity contribution in [2.24, 2.45) is 10.9 Å². The largest absolute Gasteiger partial charge is 0.379 e. The van der Waals surface area contributed by atoms with Crippen LogP contribution >= 0.6 is 0 Å². The van der Waals surface area contributed by atoms with Crippen molar-refractivity contribution in [3.63, 3.8) is 0 Å². The summed E-state index contributed by atoms with van der Waals surface area (Å²) in [5, 5.41) is 13.8. The Morgan fingerprint density at radius 3 is 2.79 bits per heavy atom. The van der Waals surface area contributed by atoms with E-state index in [2.05, 4.69) is 61.7 Å². The van der Waals surface area contributed by atoms with Crippen molar-refractivity contribution >= 4 is 5.96 Å². The zero-order valence-electron chi connectivity index (χ0n) is 17.7. The lowest BCUT2D eigenvalue weighted by atomic mass is 10.0. The summed E-state index contributed by atoms with van der Waals surface area (Å²) in [5.41, 5.74) is 2.18. The Labute approximate surface area is 173 Å². The Kier molecular flexibility index (Phi) is 8.01. The third kappa shape index (κ3) is 6.54. The molecular formula is C21H33N7O. The average Bonchev–Trinajstić information content (AvgIpc) is 3.28. The van der Waals surface area contributed by atoms with Crippen LogP contribution in [0.4, 0.5) is 0 Å². The van der Waals surface area contributed by atoms with Crippen molar-refractivity contribution in [2.75, 3.05) is 39.9 Å². The SMILES string of the molecule is CN=C(NCc1cccc(-c2ncn[nH]2)c1)NCC(CC(C)C)N1CCOCC1. The Bertz CT molecular complexity index is 754. The number of morpholine rings is 1. The van der Waals surface area contributed by atoms with Gasteiger partial charge in [0.15, 0.2) is 11.8 Å². The molecule has 0 saturated carbocycles. The predicted octanol–water partition coefficient (Wildman–Crippen LogP) is 1.88. The molecule has 0 aliphatic carbocycles. The minimum atomic E-state index is 0.479.